The molecule has 2 heterocycles. The second kappa shape index (κ2) is 10.2. The van der Waals surface area contributed by atoms with Crippen LogP contribution >= 0.6 is 0 Å². The summed E-state index contributed by atoms with van der Waals surface area (Å²) in [5.74, 6) is 0.363. The number of carbonyl (C=O) groups excluding carboxylic acids is 1. The van der Waals surface area contributed by atoms with Gasteiger partial charge >= 0.3 is 0 Å². The van der Waals surface area contributed by atoms with Gasteiger partial charge in [-0.3, -0.25) is 4.79 Å². The molecule has 0 saturated carbocycles. The Hall–Kier alpha value is -3.89. The number of hydrogen-bond donors (Lipinski definition) is 1. The largest absolute Gasteiger partial charge is 0.496 e. The van der Waals surface area contributed by atoms with Gasteiger partial charge in [0, 0.05) is 30.5 Å². The molecule has 33 heavy (non-hydrogen) atoms. The number of hydrogen-bond acceptors (Lipinski definition) is 5. The Morgan fingerprint density at radius 2 is 2.15 bits per heavy atom. The zero-order chi connectivity index (χ0) is 23.2. The molecule has 1 unspecified atom stereocenters. The molecule has 2 aromatic carbocycles. The van der Waals surface area contributed by atoms with Crippen LogP contribution in [0.2, 0.25) is 0 Å². The zero-order valence-corrected chi connectivity index (χ0v) is 18.7. The number of nitrogens with one attached hydrogen (secondary N) is 1. The van der Waals surface area contributed by atoms with Gasteiger partial charge in [0.2, 0.25) is 0 Å². The fraction of sp³-hybridized carbons (Fsp3) is 0.269. The molecule has 0 spiro atoms. The summed E-state index contributed by atoms with van der Waals surface area (Å²) in [6, 6.07) is 17.5. The fourth-order valence-electron chi connectivity index (χ4n) is 3.87. The zero-order valence-electron chi connectivity index (χ0n) is 18.7. The lowest BCUT2D eigenvalue weighted by Crippen LogP contribution is -2.32. The van der Waals surface area contributed by atoms with E-state index in [0.29, 0.717) is 24.4 Å². The van der Waals surface area contributed by atoms with Gasteiger partial charge in [-0.1, -0.05) is 18.2 Å². The van der Waals surface area contributed by atoms with E-state index >= 15 is 0 Å². The molecule has 1 aromatic heterocycles. The number of para-hydroxylation sites is 1. The lowest BCUT2D eigenvalue weighted by molar-refractivity contribution is -0.117. The summed E-state index contributed by atoms with van der Waals surface area (Å²) >= 11 is 0. The summed E-state index contributed by atoms with van der Waals surface area (Å²) in [7, 11) is 1.63. The van der Waals surface area contributed by atoms with E-state index in [1.54, 1.807) is 17.9 Å². The van der Waals surface area contributed by atoms with Crippen LogP contribution in [0, 0.1) is 18.3 Å². The van der Waals surface area contributed by atoms with Gasteiger partial charge in [0.25, 0.3) is 5.91 Å². The first-order chi connectivity index (χ1) is 16.1. The van der Waals surface area contributed by atoms with E-state index in [0.717, 1.165) is 35.4 Å². The van der Waals surface area contributed by atoms with Crippen molar-refractivity contribution >= 4 is 12.0 Å². The Bertz CT molecular complexity index is 1200. The van der Waals surface area contributed by atoms with Crippen LogP contribution in [0.4, 0.5) is 0 Å². The first-order valence-electron chi connectivity index (χ1n) is 10.9. The number of aromatic nitrogens is 2. The molecule has 1 saturated heterocycles. The summed E-state index contributed by atoms with van der Waals surface area (Å²) in [6.45, 7) is 3.07. The molecule has 7 nitrogen and oxygen atoms in total. The highest BCUT2D eigenvalue weighted by molar-refractivity contribution is 6.02. The highest BCUT2D eigenvalue weighted by Gasteiger charge is 2.19. The summed E-state index contributed by atoms with van der Waals surface area (Å²) in [4.78, 5) is 12.7. The molecule has 0 radical (unpaired) electrons. The normalized spacial score (nSPS) is 15.8. The second-order valence-electron chi connectivity index (χ2n) is 7.91. The van der Waals surface area contributed by atoms with Crippen LogP contribution in [0.25, 0.3) is 23.0 Å². The molecule has 1 fully saturated rings. The molecule has 0 bridgehead atoms. The maximum absolute atomic E-state index is 12.7. The predicted octanol–water partition coefficient (Wildman–Crippen LogP) is 4.06. The summed E-state index contributed by atoms with van der Waals surface area (Å²) in [5.41, 5.74) is 4.08. The van der Waals surface area contributed by atoms with Crippen molar-refractivity contribution in [1.82, 2.24) is 15.1 Å². The van der Waals surface area contributed by atoms with Crippen molar-refractivity contribution in [3.05, 3.63) is 71.4 Å². The lowest BCUT2D eigenvalue weighted by Gasteiger charge is -2.10. The van der Waals surface area contributed by atoms with Gasteiger partial charge in [-0.25, -0.2) is 4.68 Å². The van der Waals surface area contributed by atoms with E-state index in [1.165, 1.54) is 0 Å². The van der Waals surface area contributed by atoms with Gasteiger partial charge in [-0.2, -0.15) is 10.4 Å². The van der Waals surface area contributed by atoms with E-state index in [4.69, 9.17) is 14.6 Å². The molecule has 4 rings (SSSR count). The number of benzene rings is 2. The average molecular weight is 443 g/mol. The van der Waals surface area contributed by atoms with E-state index in [2.05, 4.69) is 5.32 Å². The van der Waals surface area contributed by atoms with E-state index < -0.39 is 5.91 Å². The van der Waals surface area contributed by atoms with Gasteiger partial charge < -0.3 is 14.8 Å². The Morgan fingerprint density at radius 1 is 1.33 bits per heavy atom. The molecule has 168 valence electrons. The van der Waals surface area contributed by atoms with Crippen molar-refractivity contribution in [2.45, 2.75) is 25.9 Å². The van der Waals surface area contributed by atoms with Crippen molar-refractivity contribution in [3.63, 3.8) is 0 Å². The molecule has 3 aromatic rings. The maximum atomic E-state index is 12.7. The quantitative estimate of drug-likeness (QED) is 0.440. The topological polar surface area (TPSA) is 89.2 Å². The molecule has 1 amide bonds. The number of nitriles is 1. The van der Waals surface area contributed by atoms with Gasteiger partial charge in [0.1, 0.15) is 23.1 Å². The van der Waals surface area contributed by atoms with Crippen LogP contribution in [-0.4, -0.2) is 42.1 Å². The minimum Gasteiger partial charge on any atom is -0.496 e. The minimum absolute atomic E-state index is 0.00700. The molecular formula is C26H26N4O3. The molecular weight excluding hydrogens is 416 g/mol. The van der Waals surface area contributed by atoms with Crippen molar-refractivity contribution in [2.75, 3.05) is 20.3 Å². The molecule has 7 heteroatoms. The first-order valence-corrected chi connectivity index (χ1v) is 10.9. The summed E-state index contributed by atoms with van der Waals surface area (Å²) in [5, 5.41) is 17.3. The molecule has 1 atom stereocenters. The summed E-state index contributed by atoms with van der Waals surface area (Å²) < 4.78 is 12.7. The van der Waals surface area contributed by atoms with E-state index in [9.17, 15) is 10.1 Å². The molecule has 0 aliphatic carbocycles. The lowest BCUT2D eigenvalue weighted by atomic mass is 10.0. The Morgan fingerprint density at radius 3 is 2.82 bits per heavy atom. The standard InChI is InChI=1S/C26H26N4O3/c1-18-13-19(10-11-24(18)32-2)25-21(17-30(29-25)22-7-4-3-5-8-22)14-20(15-27)26(31)28-16-23-9-6-12-33-23/h3-5,7-8,10-11,13-14,17,23H,6,9,12,16H2,1-2H3,(H,28,31)/b20-14+. The van der Waals surface area contributed by atoms with Crippen molar-refractivity contribution < 1.29 is 14.3 Å². The van der Waals surface area contributed by atoms with Gasteiger partial charge in [0.15, 0.2) is 0 Å². The summed E-state index contributed by atoms with van der Waals surface area (Å²) in [6.07, 6.45) is 5.33. The first kappa shape index (κ1) is 22.3. The number of nitrogens with zero attached hydrogens (tertiary/aromatic N) is 3. The Balaban J connectivity index is 1.70. The highest BCUT2D eigenvalue weighted by Crippen LogP contribution is 2.29. The van der Waals surface area contributed by atoms with Crippen LogP contribution in [-0.2, 0) is 9.53 Å². The number of aryl methyl sites for hydroxylation is 1. The molecule has 1 aliphatic rings. The Kier molecular flexibility index (Phi) is 6.86. The molecule has 1 N–H and O–H groups in total. The third-order valence-corrected chi connectivity index (χ3v) is 5.61. The van der Waals surface area contributed by atoms with E-state index in [1.807, 2.05) is 67.7 Å². The minimum atomic E-state index is -0.419. The van der Waals surface area contributed by atoms with Crippen LogP contribution in [0.3, 0.4) is 0 Å². The van der Waals surface area contributed by atoms with Crippen LogP contribution in [0.1, 0.15) is 24.0 Å². The van der Waals surface area contributed by atoms with Gasteiger partial charge in [0.05, 0.1) is 18.9 Å². The van der Waals surface area contributed by atoms with Gasteiger partial charge in [-0.15, -0.1) is 0 Å². The number of amides is 1. The second-order valence-corrected chi connectivity index (χ2v) is 7.91. The van der Waals surface area contributed by atoms with Crippen molar-refractivity contribution in [2.24, 2.45) is 0 Å². The maximum Gasteiger partial charge on any atom is 0.262 e. The number of methoxy groups -OCH3 is 1. The van der Waals surface area contributed by atoms with Crippen LogP contribution in [0.15, 0.2) is 60.3 Å². The van der Waals surface area contributed by atoms with Crippen molar-refractivity contribution in [3.8, 4) is 28.8 Å². The third-order valence-electron chi connectivity index (χ3n) is 5.61. The fourth-order valence-corrected chi connectivity index (χ4v) is 3.87. The predicted molar refractivity (Wildman–Crippen MR) is 126 cm³/mol. The third kappa shape index (κ3) is 5.13. The monoisotopic (exact) mass is 442 g/mol. The van der Waals surface area contributed by atoms with Crippen LogP contribution in [0.5, 0.6) is 5.75 Å². The Labute approximate surface area is 193 Å². The van der Waals surface area contributed by atoms with Gasteiger partial charge in [-0.05, 0) is 61.7 Å². The smallest absolute Gasteiger partial charge is 0.262 e. The molecule has 1 aliphatic heterocycles. The van der Waals surface area contributed by atoms with E-state index in [-0.39, 0.29) is 11.7 Å². The average Bonchev–Trinajstić information content (AvgIpc) is 3.51. The number of rotatable bonds is 7. The van der Waals surface area contributed by atoms with Crippen LogP contribution < -0.4 is 10.1 Å². The number of carbonyl (C=O) groups is 1. The van der Waals surface area contributed by atoms with Crippen molar-refractivity contribution in [1.29, 1.82) is 5.26 Å². The SMILES string of the molecule is COc1ccc(-c2nn(-c3ccccc3)cc2/C=C(\C#N)C(=O)NCC2CCCO2)cc1C. The number of ether oxygens (including phenoxy) is 2. The highest BCUT2D eigenvalue weighted by atomic mass is 16.5.